The largest absolute Gasteiger partial charge is 0.270 e. The zero-order valence-electron chi connectivity index (χ0n) is 11.3. The van der Waals surface area contributed by atoms with Crippen LogP contribution in [0.15, 0.2) is 18.2 Å². The third-order valence-electron chi connectivity index (χ3n) is 2.89. The van der Waals surface area contributed by atoms with Gasteiger partial charge in [0.05, 0.1) is 15.7 Å². The molecule has 0 bridgehead atoms. The van der Waals surface area contributed by atoms with Gasteiger partial charge in [0, 0.05) is 23.0 Å². The summed E-state index contributed by atoms with van der Waals surface area (Å²) in [6.07, 6.45) is 0. The van der Waals surface area contributed by atoms with Crippen molar-refractivity contribution < 1.29 is 0 Å². The Labute approximate surface area is 128 Å². The fraction of sp³-hybridized carbons (Fsp3) is 0.357. The van der Waals surface area contributed by atoms with Crippen molar-refractivity contribution in [2.45, 2.75) is 26.2 Å². The van der Waals surface area contributed by atoms with Gasteiger partial charge >= 0.3 is 0 Å². The number of hydrogen-bond acceptors (Lipinski definition) is 1. The molecule has 0 aliphatic heterocycles. The minimum atomic E-state index is -0.0873. The summed E-state index contributed by atoms with van der Waals surface area (Å²) < 4.78 is 1.81. The molecule has 0 aliphatic carbocycles. The molecule has 102 valence electrons. The highest BCUT2D eigenvalue weighted by atomic mass is 35.5. The molecule has 1 heterocycles. The van der Waals surface area contributed by atoms with E-state index in [9.17, 15) is 0 Å². The number of hydrogen-bond donors (Lipinski definition) is 0. The molecule has 2 aromatic rings. The smallest absolute Gasteiger partial charge is 0.113 e. The summed E-state index contributed by atoms with van der Waals surface area (Å²) in [5.41, 5.74) is 2.38. The van der Waals surface area contributed by atoms with E-state index in [2.05, 4.69) is 25.9 Å². The highest BCUT2D eigenvalue weighted by Crippen LogP contribution is 2.39. The van der Waals surface area contributed by atoms with E-state index < -0.39 is 0 Å². The number of nitrogens with zero attached hydrogens (tertiary/aromatic N) is 2. The van der Waals surface area contributed by atoms with Gasteiger partial charge in [-0.2, -0.15) is 5.10 Å². The van der Waals surface area contributed by atoms with Crippen molar-refractivity contribution in [1.82, 2.24) is 9.78 Å². The van der Waals surface area contributed by atoms with Crippen molar-refractivity contribution in [3.63, 3.8) is 0 Å². The van der Waals surface area contributed by atoms with E-state index in [-0.39, 0.29) is 5.41 Å². The molecule has 0 unspecified atom stereocenters. The van der Waals surface area contributed by atoms with Gasteiger partial charge in [-0.05, 0) is 18.2 Å². The Bertz CT molecular complexity index is 624. The first-order chi connectivity index (χ1) is 8.71. The zero-order valence-corrected chi connectivity index (χ0v) is 13.5. The molecule has 1 aromatic heterocycles. The average Bonchev–Trinajstić information content (AvgIpc) is 2.53. The maximum Gasteiger partial charge on any atom is 0.113 e. The molecule has 2 nitrogen and oxygen atoms in total. The Balaban J connectivity index is 2.65. The van der Waals surface area contributed by atoms with Gasteiger partial charge in [0.25, 0.3) is 0 Å². The predicted molar refractivity (Wildman–Crippen MR) is 82.4 cm³/mol. The van der Waals surface area contributed by atoms with Crippen LogP contribution in [0.5, 0.6) is 0 Å². The van der Waals surface area contributed by atoms with E-state index in [0.717, 1.165) is 11.3 Å². The quantitative estimate of drug-likeness (QED) is 0.693. The van der Waals surface area contributed by atoms with E-state index in [1.54, 1.807) is 12.1 Å². The highest BCUT2D eigenvalue weighted by molar-refractivity contribution is 6.38. The Morgan fingerprint density at radius 3 is 2.21 bits per heavy atom. The van der Waals surface area contributed by atoms with Gasteiger partial charge in [-0.25, -0.2) is 0 Å². The van der Waals surface area contributed by atoms with Crippen LogP contribution in [0.25, 0.3) is 11.3 Å². The van der Waals surface area contributed by atoms with E-state index in [1.807, 2.05) is 17.8 Å². The molecule has 2 rings (SSSR count). The van der Waals surface area contributed by atoms with Gasteiger partial charge in [0.2, 0.25) is 0 Å². The third-order valence-corrected chi connectivity index (χ3v) is 3.79. The molecule has 0 atom stereocenters. The van der Waals surface area contributed by atoms with Crippen LogP contribution in [-0.4, -0.2) is 9.78 Å². The summed E-state index contributed by atoms with van der Waals surface area (Å²) >= 11 is 18.6. The Morgan fingerprint density at radius 2 is 1.74 bits per heavy atom. The molecule has 0 radical (unpaired) electrons. The summed E-state index contributed by atoms with van der Waals surface area (Å²) in [5, 5.41) is 6.28. The standard InChI is InChI=1S/C14H15Cl3N2/c1-14(2,3)13-11(17)12(18-19(13)4)9-6-5-8(15)7-10(9)16/h5-7H,1-4H3. The van der Waals surface area contributed by atoms with Gasteiger partial charge < -0.3 is 0 Å². The van der Waals surface area contributed by atoms with Crippen molar-refractivity contribution in [1.29, 1.82) is 0 Å². The Kier molecular flexibility index (Phi) is 3.87. The van der Waals surface area contributed by atoms with Crippen molar-refractivity contribution in [3.8, 4) is 11.3 Å². The molecule has 5 heteroatoms. The number of aryl methyl sites for hydroxylation is 1. The minimum absolute atomic E-state index is 0.0873. The van der Waals surface area contributed by atoms with Gasteiger partial charge in [0.15, 0.2) is 0 Å². The van der Waals surface area contributed by atoms with Gasteiger partial charge in [-0.15, -0.1) is 0 Å². The zero-order chi connectivity index (χ0) is 14.4. The first kappa shape index (κ1) is 14.7. The Hall–Kier alpha value is -0.700. The summed E-state index contributed by atoms with van der Waals surface area (Å²) in [7, 11) is 1.89. The van der Waals surface area contributed by atoms with Gasteiger partial charge in [0.1, 0.15) is 5.69 Å². The van der Waals surface area contributed by atoms with E-state index in [1.165, 1.54) is 0 Å². The molecular weight excluding hydrogens is 303 g/mol. The van der Waals surface area contributed by atoms with Crippen LogP contribution >= 0.6 is 34.8 Å². The molecule has 0 spiro atoms. The molecule has 0 fully saturated rings. The molecule has 0 N–H and O–H groups in total. The Morgan fingerprint density at radius 1 is 1.11 bits per heavy atom. The number of halogens is 3. The maximum atomic E-state index is 6.49. The minimum Gasteiger partial charge on any atom is -0.270 e. The molecule has 0 aliphatic rings. The van der Waals surface area contributed by atoms with Crippen LogP contribution in [0, 0.1) is 0 Å². The third kappa shape index (κ3) is 2.76. The number of aromatic nitrogens is 2. The first-order valence-corrected chi connectivity index (χ1v) is 7.03. The van der Waals surface area contributed by atoms with Crippen LogP contribution < -0.4 is 0 Å². The van der Waals surface area contributed by atoms with E-state index in [4.69, 9.17) is 34.8 Å². The summed E-state index contributed by atoms with van der Waals surface area (Å²) in [6, 6.07) is 5.32. The molecule has 0 amide bonds. The number of benzene rings is 1. The van der Waals surface area contributed by atoms with E-state index in [0.29, 0.717) is 20.8 Å². The van der Waals surface area contributed by atoms with Gasteiger partial charge in [-0.1, -0.05) is 55.6 Å². The molecule has 1 aromatic carbocycles. The van der Waals surface area contributed by atoms with Crippen LogP contribution in [0.2, 0.25) is 15.1 Å². The number of rotatable bonds is 1. The van der Waals surface area contributed by atoms with Crippen LogP contribution in [0.1, 0.15) is 26.5 Å². The molecule has 0 saturated heterocycles. The van der Waals surface area contributed by atoms with Crippen molar-refractivity contribution in [2.75, 3.05) is 0 Å². The normalized spacial score (nSPS) is 11.9. The monoisotopic (exact) mass is 316 g/mol. The summed E-state index contributed by atoms with van der Waals surface area (Å²) in [6.45, 7) is 6.30. The van der Waals surface area contributed by atoms with Crippen LogP contribution in [0.4, 0.5) is 0 Å². The lowest BCUT2D eigenvalue weighted by molar-refractivity contribution is 0.523. The lowest BCUT2D eigenvalue weighted by Gasteiger charge is -2.19. The van der Waals surface area contributed by atoms with E-state index >= 15 is 0 Å². The van der Waals surface area contributed by atoms with Gasteiger partial charge in [-0.3, -0.25) is 4.68 Å². The van der Waals surface area contributed by atoms with Crippen molar-refractivity contribution in [2.24, 2.45) is 7.05 Å². The van der Waals surface area contributed by atoms with Crippen molar-refractivity contribution in [3.05, 3.63) is 39.0 Å². The maximum absolute atomic E-state index is 6.49. The average molecular weight is 318 g/mol. The summed E-state index contributed by atoms with van der Waals surface area (Å²) in [4.78, 5) is 0. The predicted octanol–water partition coefficient (Wildman–Crippen LogP) is 5.34. The topological polar surface area (TPSA) is 17.8 Å². The van der Waals surface area contributed by atoms with Crippen LogP contribution in [-0.2, 0) is 12.5 Å². The molecule has 19 heavy (non-hydrogen) atoms. The molecule has 0 saturated carbocycles. The first-order valence-electron chi connectivity index (χ1n) is 5.90. The second-order valence-electron chi connectivity index (χ2n) is 5.51. The lowest BCUT2D eigenvalue weighted by atomic mass is 9.91. The second kappa shape index (κ2) is 5.01. The fourth-order valence-electron chi connectivity index (χ4n) is 2.17. The summed E-state index contributed by atoms with van der Waals surface area (Å²) in [5.74, 6) is 0. The highest BCUT2D eigenvalue weighted by Gasteiger charge is 2.26. The second-order valence-corrected chi connectivity index (χ2v) is 6.73. The van der Waals surface area contributed by atoms with Crippen molar-refractivity contribution >= 4 is 34.8 Å². The SMILES string of the molecule is Cn1nc(-c2ccc(Cl)cc2Cl)c(Cl)c1C(C)(C)C. The van der Waals surface area contributed by atoms with Crippen LogP contribution in [0.3, 0.4) is 0 Å². The lowest BCUT2D eigenvalue weighted by Crippen LogP contribution is -2.16. The molecular formula is C14H15Cl3N2. The fourth-order valence-corrected chi connectivity index (χ4v) is 3.21.